The third-order valence-electron chi connectivity index (χ3n) is 0. The molecule has 0 heterocycles. The molecule has 25 valence electrons. The van der Waals surface area contributed by atoms with Crippen LogP contribution in [0.2, 0.25) is 0 Å². The van der Waals surface area contributed by atoms with E-state index in [1.54, 1.807) is 0 Å². The molecule has 0 rings (SSSR count). The van der Waals surface area contributed by atoms with Crippen molar-refractivity contribution in [3.63, 3.8) is 0 Å². The normalized spacial score (nSPS) is 5.50. The monoisotopic (exact) mass is 157 g/mol. The third kappa shape index (κ3) is 11.6. The predicted molar refractivity (Wildman–Crippen MR) is 4.44 cm³/mol. The van der Waals surface area contributed by atoms with Gasteiger partial charge in [-0.25, -0.2) is 0 Å². The fourth-order valence-corrected chi connectivity index (χ4v) is 0. The van der Waals surface area contributed by atoms with Gasteiger partial charge in [0.25, 0.3) is 0 Å². The zero-order chi connectivity index (χ0) is 2.71. The van der Waals surface area contributed by atoms with Gasteiger partial charge in [0.1, 0.15) is 0 Å². The molecule has 0 bridgehead atoms. The largest absolute Gasteiger partial charge is 0 e. The second-order valence-corrected chi connectivity index (χ2v) is 0.275. The average Bonchev–Trinajstić information content (AvgIpc) is 0.918. The Morgan fingerprint density at radius 3 is 1.25 bits per heavy atom. The fourth-order valence-electron chi connectivity index (χ4n) is 0. The van der Waals surface area contributed by atoms with Gasteiger partial charge < -0.3 is 0 Å². The van der Waals surface area contributed by atoms with Gasteiger partial charge in [0, 0.05) is 19.5 Å². The van der Waals surface area contributed by atoms with Crippen LogP contribution in [0.4, 0.5) is 0 Å². The van der Waals surface area contributed by atoms with Crippen molar-refractivity contribution < 1.29 is 43.3 Å². The molecule has 0 aromatic carbocycles. The van der Waals surface area contributed by atoms with E-state index in [1.165, 1.54) is 0 Å². The van der Waals surface area contributed by atoms with E-state index < -0.39 is 15.3 Å². The SMILES string of the molecule is [OH][Co][OH].[Zn]. The summed E-state index contributed by atoms with van der Waals surface area (Å²) in [4.78, 5) is 0. The molecule has 0 fully saturated rings. The van der Waals surface area contributed by atoms with Crippen LogP contribution >= 0.6 is 0 Å². The van der Waals surface area contributed by atoms with E-state index in [1.807, 2.05) is 0 Å². The molecule has 0 amide bonds. The van der Waals surface area contributed by atoms with Crippen molar-refractivity contribution in [1.82, 2.24) is 0 Å². The minimum atomic E-state index is -0.562. The Balaban J connectivity index is 0. The van der Waals surface area contributed by atoms with E-state index in [-0.39, 0.29) is 19.5 Å². The summed E-state index contributed by atoms with van der Waals surface area (Å²) in [5, 5.41) is 0. The molecule has 0 atom stereocenters. The molecular formula is H2CoO2Zn. The van der Waals surface area contributed by atoms with Crippen molar-refractivity contribution in [2.24, 2.45) is 0 Å². The van der Waals surface area contributed by atoms with E-state index in [0.717, 1.165) is 0 Å². The van der Waals surface area contributed by atoms with Gasteiger partial charge in [-0.2, -0.15) is 0 Å². The molecule has 2 nitrogen and oxygen atoms in total. The maximum absolute atomic E-state index is 7.09. The number of rotatable bonds is 0. The average molecular weight is 158 g/mol. The van der Waals surface area contributed by atoms with E-state index in [0.29, 0.717) is 0 Å². The van der Waals surface area contributed by atoms with E-state index >= 15 is 0 Å². The second-order valence-electron chi connectivity index (χ2n) is 0.0667. The van der Waals surface area contributed by atoms with Crippen LogP contribution in [-0.4, -0.2) is 8.44 Å². The van der Waals surface area contributed by atoms with Crippen molar-refractivity contribution >= 4 is 0 Å². The molecule has 0 aliphatic rings. The van der Waals surface area contributed by atoms with Crippen LogP contribution in [-0.2, 0) is 34.8 Å². The molecular weight excluding hydrogens is 156 g/mol. The molecule has 0 aliphatic carbocycles. The first-order valence-corrected chi connectivity index (χ1v) is 1.23. The molecule has 0 spiro atoms. The molecule has 0 aromatic heterocycles. The Bertz CT molecular complexity index is 6.00. The Morgan fingerprint density at radius 1 is 1.25 bits per heavy atom. The molecule has 4 heavy (non-hydrogen) atoms. The van der Waals surface area contributed by atoms with Gasteiger partial charge in [0.2, 0.25) is 0 Å². The van der Waals surface area contributed by atoms with E-state index in [9.17, 15) is 0 Å². The zero-order valence-corrected chi connectivity index (χ0v) is 5.94. The van der Waals surface area contributed by atoms with Gasteiger partial charge in [-0.15, -0.1) is 0 Å². The second kappa shape index (κ2) is 8.97. The molecule has 2 N–H and O–H groups in total. The number of hydrogen-bond donors (Lipinski definition) is 2. The Hall–Kier alpha value is 1.05. The quantitative estimate of drug-likeness (QED) is 0.439. The molecule has 4 heteroatoms. The van der Waals surface area contributed by atoms with Gasteiger partial charge in [-0.3, -0.25) is 0 Å². The van der Waals surface area contributed by atoms with Crippen LogP contribution in [0, 0.1) is 0 Å². The maximum Gasteiger partial charge on any atom is 0 e. The smallest absolute Gasteiger partial charge is 0 e. The molecule has 0 radical (unpaired) electrons. The van der Waals surface area contributed by atoms with Crippen LogP contribution in [0.25, 0.3) is 0 Å². The van der Waals surface area contributed by atoms with Crippen LogP contribution in [0.5, 0.6) is 0 Å². The summed E-state index contributed by atoms with van der Waals surface area (Å²) in [6.07, 6.45) is 0. The molecule has 0 unspecified atom stereocenters. The van der Waals surface area contributed by atoms with Crippen LogP contribution in [0.1, 0.15) is 0 Å². The van der Waals surface area contributed by atoms with Crippen molar-refractivity contribution in [1.29, 1.82) is 0 Å². The van der Waals surface area contributed by atoms with Gasteiger partial charge in [-0.05, 0) is 0 Å². The first-order chi connectivity index (χ1) is 1.41. The molecule has 0 saturated carbocycles. The molecule has 0 aromatic rings. The summed E-state index contributed by atoms with van der Waals surface area (Å²) in [6, 6.07) is 0. The molecule has 0 aliphatic heterocycles. The Morgan fingerprint density at radius 2 is 1.25 bits per heavy atom. The summed E-state index contributed by atoms with van der Waals surface area (Å²) in [7, 11) is 0. The van der Waals surface area contributed by atoms with Crippen LogP contribution < -0.4 is 0 Å². The first kappa shape index (κ1) is 8.90. The minimum Gasteiger partial charge on any atom is 0 e. The van der Waals surface area contributed by atoms with E-state index in [4.69, 9.17) is 8.44 Å². The van der Waals surface area contributed by atoms with Crippen molar-refractivity contribution in [3.05, 3.63) is 0 Å². The Labute approximate surface area is 43.6 Å². The summed E-state index contributed by atoms with van der Waals surface area (Å²) >= 11 is -0.562. The van der Waals surface area contributed by atoms with Gasteiger partial charge in [-0.1, -0.05) is 0 Å². The first-order valence-electron chi connectivity index (χ1n) is 0.298. The summed E-state index contributed by atoms with van der Waals surface area (Å²) in [5.41, 5.74) is 0. The van der Waals surface area contributed by atoms with E-state index in [2.05, 4.69) is 0 Å². The molecule has 0 saturated heterocycles. The summed E-state index contributed by atoms with van der Waals surface area (Å²) < 4.78 is 14.2. The minimum absolute atomic E-state index is 0. The van der Waals surface area contributed by atoms with Crippen molar-refractivity contribution in [2.45, 2.75) is 0 Å². The van der Waals surface area contributed by atoms with Crippen molar-refractivity contribution in [2.75, 3.05) is 0 Å². The third-order valence-corrected chi connectivity index (χ3v) is 0. The standard InChI is InChI=1S/Co.2H2O.Zn/h;2*1H2;/q+2;;;/p-2. The maximum atomic E-state index is 7.09. The van der Waals surface area contributed by atoms with Gasteiger partial charge in [0.05, 0.1) is 0 Å². The van der Waals surface area contributed by atoms with Gasteiger partial charge in [0.15, 0.2) is 0 Å². The summed E-state index contributed by atoms with van der Waals surface area (Å²) in [5.74, 6) is 0. The zero-order valence-electron chi connectivity index (χ0n) is 1.93. The number of hydrogen-bond acceptors (Lipinski definition) is 2. The fraction of sp³-hybridized carbons (Fsp3) is 0. The summed E-state index contributed by atoms with van der Waals surface area (Å²) in [6.45, 7) is 0. The predicted octanol–water partition coefficient (Wildman–Crippen LogP) is -1.12. The topological polar surface area (TPSA) is 40.5 Å². The van der Waals surface area contributed by atoms with Crippen LogP contribution in [0.3, 0.4) is 0 Å². The van der Waals surface area contributed by atoms with Crippen LogP contribution in [0.15, 0.2) is 0 Å². The Kier molecular flexibility index (Phi) is 20.0. The van der Waals surface area contributed by atoms with Gasteiger partial charge >= 0.3 is 23.8 Å². The van der Waals surface area contributed by atoms with Crippen molar-refractivity contribution in [3.8, 4) is 0 Å².